The minimum absolute atomic E-state index is 0.0726. The van der Waals surface area contributed by atoms with E-state index in [4.69, 9.17) is 4.74 Å². The summed E-state index contributed by atoms with van der Waals surface area (Å²) in [6, 6.07) is 7.55. The normalized spacial score (nSPS) is 12.2. The Kier molecular flexibility index (Phi) is 6.93. The molecule has 0 N–H and O–H groups in total. The standard InChI is InChI=1S/C20H24F3N5O4Si/c1-26-18-17(11-15(12-24-18)28(29)30)25-19(26)27(13-31-9-10-33(2,3)4)14-5-7-16(8-6-14)32-20(21,22)23/h5-8,11-12H,9-10,13H2,1-4H3. The first kappa shape index (κ1) is 24.4. The summed E-state index contributed by atoms with van der Waals surface area (Å²) in [5.41, 5.74) is 1.04. The predicted molar refractivity (Wildman–Crippen MR) is 119 cm³/mol. The van der Waals surface area contributed by atoms with E-state index in [1.165, 1.54) is 30.3 Å². The molecule has 0 spiro atoms. The summed E-state index contributed by atoms with van der Waals surface area (Å²) in [5.74, 6) is 0.0173. The number of pyridine rings is 1. The summed E-state index contributed by atoms with van der Waals surface area (Å²) in [5, 5.41) is 11.1. The van der Waals surface area contributed by atoms with Gasteiger partial charge in [0.2, 0.25) is 5.95 Å². The van der Waals surface area contributed by atoms with Gasteiger partial charge in [0.15, 0.2) is 5.65 Å². The summed E-state index contributed by atoms with van der Waals surface area (Å²) >= 11 is 0. The Bertz CT molecular complexity index is 1130. The number of benzene rings is 1. The quantitative estimate of drug-likeness (QED) is 0.135. The molecule has 0 atom stereocenters. The van der Waals surface area contributed by atoms with Crippen LogP contribution in [-0.2, 0) is 11.8 Å². The molecular formula is C20H24F3N5O4Si. The van der Waals surface area contributed by atoms with Crippen LogP contribution in [0.1, 0.15) is 0 Å². The van der Waals surface area contributed by atoms with Crippen LogP contribution >= 0.6 is 0 Å². The fourth-order valence-corrected chi connectivity index (χ4v) is 3.76. The Hall–Kier alpha value is -3.19. The highest BCUT2D eigenvalue weighted by atomic mass is 28.3. The van der Waals surface area contributed by atoms with E-state index in [1.54, 1.807) is 16.5 Å². The van der Waals surface area contributed by atoms with Crippen LogP contribution in [0.2, 0.25) is 25.7 Å². The van der Waals surface area contributed by atoms with Crippen molar-refractivity contribution < 1.29 is 27.6 Å². The fourth-order valence-electron chi connectivity index (χ4n) is 3.00. The SMILES string of the molecule is Cn1c(N(COCC[Si](C)(C)C)c2ccc(OC(F)(F)F)cc2)nc2cc([N+](=O)[O-])cnc21. The van der Waals surface area contributed by atoms with Crippen LogP contribution in [0, 0.1) is 10.1 Å². The van der Waals surface area contributed by atoms with Crippen molar-refractivity contribution in [2.75, 3.05) is 18.2 Å². The zero-order valence-corrected chi connectivity index (χ0v) is 19.6. The van der Waals surface area contributed by atoms with Crippen molar-refractivity contribution in [3.8, 4) is 5.75 Å². The Morgan fingerprint density at radius 2 is 1.88 bits per heavy atom. The molecule has 0 aliphatic carbocycles. The van der Waals surface area contributed by atoms with Crippen LogP contribution in [0.25, 0.3) is 11.2 Å². The van der Waals surface area contributed by atoms with E-state index in [0.717, 1.165) is 12.2 Å². The van der Waals surface area contributed by atoms with Crippen molar-refractivity contribution in [2.45, 2.75) is 32.0 Å². The second-order valence-corrected chi connectivity index (χ2v) is 14.2. The number of nitro groups is 1. The Morgan fingerprint density at radius 1 is 1.21 bits per heavy atom. The average Bonchev–Trinajstić information content (AvgIpc) is 3.02. The highest BCUT2D eigenvalue weighted by molar-refractivity contribution is 6.76. The molecule has 33 heavy (non-hydrogen) atoms. The Balaban J connectivity index is 1.94. The highest BCUT2D eigenvalue weighted by Gasteiger charge is 2.31. The van der Waals surface area contributed by atoms with Gasteiger partial charge in [0.25, 0.3) is 5.69 Å². The lowest BCUT2D eigenvalue weighted by atomic mass is 10.3. The predicted octanol–water partition coefficient (Wildman–Crippen LogP) is 5.23. The molecule has 0 unspecified atom stereocenters. The van der Waals surface area contributed by atoms with E-state index in [0.29, 0.717) is 29.4 Å². The molecule has 0 amide bonds. The maximum atomic E-state index is 12.5. The first-order chi connectivity index (χ1) is 15.3. The van der Waals surface area contributed by atoms with Gasteiger partial charge < -0.3 is 9.47 Å². The number of alkyl halides is 3. The number of rotatable bonds is 9. The van der Waals surface area contributed by atoms with Gasteiger partial charge in [-0.3, -0.25) is 19.6 Å². The number of ether oxygens (including phenoxy) is 2. The van der Waals surface area contributed by atoms with Gasteiger partial charge in [-0.1, -0.05) is 19.6 Å². The second-order valence-electron chi connectivity index (χ2n) is 8.58. The van der Waals surface area contributed by atoms with Crippen LogP contribution in [0.3, 0.4) is 0 Å². The third kappa shape index (κ3) is 6.41. The maximum Gasteiger partial charge on any atom is 0.573 e. The fraction of sp³-hybridized carbons (Fsp3) is 0.400. The van der Waals surface area contributed by atoms with Crippen LogP contribution in [0.15, 0.2) is 36.5 Å². The Labute approximate surface area is 188 Å². The van der Waals surface area contributed by atoms with Gasteiger partial charge in [0, 0.05) is 33.5 Å². The molecule has 0 aliphatic heterocycles. The topological polar surface area (TPSA) is 95.5 Å². The molecule has 2 aromatic heterocycles. The number of aryl methyl sites for hydroxylation is 1. The number of nitrogens with zero attached hydrogens (tertiary/aromatic N) is 5. The molecule has 0 radical (unpaired) electrons. The zero-order chi connectivity index (χ0) is 24.4. The van der Waals surface area contributed by atoms with E-state index in [-0.39, 0.29) is 18.2 Å². The summed E-state index contributed by atoms with van der Waals surface area (Å²) in [4.78, 5) is 20.8. The van der Waals surface area contributed by atoms with Gasteiger partial charge in [-0.25, -0.2) is 9.97 Å². The van der Waals surface area contributed by atoms with Gasteiger partial charge in [0.1, 0.15) is 24.2 Å². The van der Waals surface area contributed by atoms with Gasteiger partial charge in [0.05, 0.1) is 4.92 Å². The number of anilines is 2. The monoisotopic (exact) mass is 483 g/mol. The van der Waals surface area contributed by atoms with Crippen molar-refractivity contribution in [3.63, 3.8) is 0 Å². The van der Waals surface area contributed by atoms with Gasteiger partial charge in [-0.05, 0) is 30.3 Å². The van der Waals surface area contributed by atoms with Crippen molar-refractivity contribution >= 4 is 36.6 Å². The smallest absolute Gasteiger partial charge is 0.406 e. The summed E-state index contributed by atoms with van der Waals surface area (Å²) in [6.45, 7) is 7.24. The van der Waals surface area contributed by atoms with Crippen molar-refractivity contribution in [2.24, 2.45) is 7.05 Å². The van der Waals surface area contributed by atoms with Crippen molar-refractivity contribution in [3.05, 3.63) is 46.6 Å². The molecule has 0 aliphatic rings. The molecule has 2 heterocycles. The lowest BCUT2D eigenvalue weighted by Crippen LogP contribution is -2.27. The van der Waals surface area contributed by atoms with Gasteiger partial charge in [-0.15, -0.1) is 13.2 Å². The largest absolute Gasteiger partial charge is 0.573 e. The number of fused-ring (bicyclic) bond motifs is 1. The molecule has 1 aromatic carbocycles. The van der Waals surface area contributed by atoms with Crippen molar-refractivity contribution in [1.82, 2.24) is 14.5 Å². The molecule has 0 bridgehead atoms. The number of imidazole rings is 1. The average molecular weight is 484 g/mol. The molecule has 9 nitrogen and oxygen atoms in total. The van der Waals surface area contributed by atoms with Crippen LogP contribution in [0.4, 0.5) is 30.5 Å². The highest BCUT2D eigenvalue weighted by Crippen LogP contribution is 2.31. The molecule has 3 aromatic rings. The summed E-state index contributed by atoms with van der Waals surface area (Å²) in [6.07, 6.45) is -3.65. The van der Waals surface area contributed by atoms with Crippen LogP contribution in [0.5, 0.6) is 5.75 Å². The third-order valence-corrected chi connectivity index (χ3v) is 6.43. The first-order valence-electron chi connectivity index (χ1n) is 10.0. The molecule has 178 valence electrons. The summed E-state index contributed by atoms with van der Waals surface area (Å²) < 4.78 is 49.0. The van der Waals surface area contributed by atoms with Gasteiger partial charge in [-0.2, -0.15) is 0 Å². The lowest BCUT2D eigenvalue weighted by Gasteiger charge is -2.25. The van der Waals surface area contributed by atoms with Crippen LogP contribution in [-0.4, -0.2) is 47.2 Å². The first-order valence-corrected chi connectivity index (χ1v) is 13.7. The number of hydrogen-bond acceptors (Lipinski definition) is 7. The van der Waals surface area contributed by atoms with E-state index in [1.807, 2.05) is 0 Å². The van der Waals surface area contributed by atoms with Gasteiger partial charge >= 0.3 is 6.36 Å². The third-order valence-electron chi connectivity index (χ3n) is 4.72. The zero-order valence-electron chi connectivity index (χ0n) is 18.6. The van der Waals surface area contributed by atoms with E-state index in [9.17, 15) is 23.3 Å². The number of aromatic nitrogens is 3. The molecule has 0 saturated heterocycles. The van der Waals surface area contributed by atoms with E-state index < -0.39 is 19.4 Å². The molecule has 13 heteroatoms. The number of hydrogen-bond donors (Lipinski definition) is 0. The van der Waals surface area contributed by atoms with Crippen LogP contribution < -0.4 is 9.64 Å². The van der Waals surface area contributed by atoms with E-state index >= 15 is 0 Å². The molecule has 3 rings (SSSR count). The maximum absolute atomic E-state index is 12.5. The minimum Gasteiger partial charge on any atom is -0.406 e. The number of halogens is 3. The molecule has 0 saturated carbocycles. The lowest BCUT2D eigenvalue weighted by molar-refractivity contribution is -0.385. The van der Waals surface area contributed by atoms with Crippen molar-refractivity contribution in [1.29, 1.82) is 0 Å². The summed E-state index contributed by atoms with van der Waals surface area (Å²) in [7, 11) is 0.360. The Morgan fingerprint density at radius 3 is 2.45 bits per heavy atom. The second kappa shape index (κ2) is 9.35. The molecule has 0 fully saturated rings. The minimum atomic E-state index is -4.79. The van der Waals surface area contributed by atoms with E-state index in [2.05, 4.69) is 34.3 Å². The molecular weight excluding hydrogens is 459 g/mol.